The van der Waals surface area contributed by atoms with Gasteiger partial charge in [0.15, 0.2) is 5.78 Å². The van der Waals surface area contributed by atoms with Crippen molar-refractivity contribution in [1.29, 1.82) is 0 Å². The van der Waals surface area contributed by atoms with Crippen LogP contribution >= 0.6 is 0 Å². The fourth-order valence-electron chi connectivity index (χ4n) is 2.14. The van der Waals surface area contributed by atoms with Gasteiger partial charge in [-0.1, -0.05) is 6.07 Å². The molecule has 5 heteroatoms. The molecule has 1 aliphatic rings. The number of nitrogens with zero attached hydrogens (tertiary/aromatic N) is 1. The minimum absolute atomic E-state index is 0.0960. The number of carbonyl (C=O) groups excluding carboxylic acids is 2. The molecule has 0 aromatic heterocycles. The fourth-order valence-corrected chi connectivity index (χ4v) is 2.14. The summed E-state index contributed by atoms with van der Waals surface area (Å²) in [5.41, 5.74) is 0.875. The smallest absolute Gasteiger partial charge is 0.318 e. The summed E-state index contributed by atoms with van der Waals surface area (Å²) in [5, 5.41) is 0. The van der Waals surface area contributed by atoms with Gasteiger partial charge in [0.25, 0.3) is 0 Å². The number of rotatable bonds is 4. The van der Waals surface area contributed by atoms with Crippen LogP contribution in [0.5, 0.6) is 5.75 Å². The van der Waals surface area contributed by atoms with Gasteiger partial charge in [0, 0.05) is 18.3 Å². The minimum atomic E-state index is -0.675. The van der Waals surface area contributed by atoms with Crippen molar-refractivity contribution < 1.29 is 19.1 Å². The van der Waals surface area contributed by atoms with Crippen LogP contribution in [0.2, 0.25) is 0 Å². The van der Waals surface area contributed by atoms with E-state index < -0.39 is 11.9 Å². The zero-order chi connectivity index (χ0) is 13.8. The van der Waals surface area contributed by atoms with Crippen molar-refractivity contribution in [1.82, 2.24) is 0 Å². The SMILES string of the molecule is CCOC(=O)C1CN(c2cccc(OC)c2)CC1=O. The van der Waals surface area contributed by atoms with Crippen LogP contribution in [0.15, 0.2) is 24.3 Å². The van der Waals surface area contributed by atoms with Crippen LogP contribution in [-0.4, -0.2) is 38.6 Å². The molecular weight excluding hydrogens is 246 g/mol. The Kier molecular flexibility index (Phi) is 4.04. The average Bonchev–Trinajstić information content (AvgIpc) is 2.81. The number of methoxy groups -OCH3 is 1. The predicted octanol–water partition coefficient (Wildman–Crippen LogP) is 1.26. The number of ketones is 1. The Bertz CT molecular complexity index is 486. The standard InChI is InChI=1S/C14H17NO4/c1-3-19-14(17)12-8-15(9-13(12)16)10-5-4-6-11(7-10)18-2/h4-7,12H,3,8-9H2,1-2H3. The third-order valence-corrected chi connectivity index (χ3v) is 3.13. The molecule has 1 fully saturated rings. The fraction of sp³-hybridized carbons (Fsp3) is 0.429. The van der Waals surface area contributed by atoms with Crippen molar-refractivity contribution in [2.45, 2.75) is 6.92 Å². The third kappa shape index (κ3) is 2.86. The number of hydrogen-bond acceptors (Lipinski definition) is 5. The molecule has 102 valence electrons. The summed E-state index contributed by atoms with van der Waals surface area (Å²) < 4.78 is 10.1. The molecule has 0 aliphatic carbocycles. The Morgan fingerprint density at radius 3 is 2.95 bits per heavy atom. The molecule has 1 atom stereocenters. The normalized spacial score (nSPS) is 18.5. The molecule has 0 amide bonds. The van der Waals surface area contributed by atoms with Crippen LogP contribution in [0.1, 0.15) is 6.92 Å². The summed E-state index contributed by atoms with van der Waals surface area (Å²) in [6, 6.07) is 7.44. The summed E-state index contributed by atoms with van der Waals surface area (Å²) >= 11 is 0. The first-order valence-electron chi connectivity index (χ1n) is 6.24. The Hall–Kier alpha value is -2.04. The summed E-state index contributed by atoms with van der Waals surface area (Å²) in [6.07, 6.45) is 0. The predicted molar refractivity (Wildman–Crippen MR) is 70.3 cm³/mol. The summed E-state index contributed by atoms with van der Waals surface area (Å²) in [6.45, 7) is 2.63. The molecule has 1 heterocycles. The van der Waals surface area contributed by atoms with Crippen molar-refractivity contribution in [3.8, 4) is 5.75 Å². The Morgan fingerprint density at radius 2 is 2.26 bits per heavy atom. The maximum atomic E-state index is 11.9. The van der Waals surface area contributed by atoms with Crippen LogP contribution in [0.25, 0.3) is 0 Å². The number of carbonyl (C=O) groups is 2. The van der Waals surface area contributed by atoms with Gasteiger partial charge in [0.05, 0.1) is 20.3 Å². The second kappa shape index (κ2) is 5.73. The van der Waals surface area contributed by atoms with Crippen molar-refractivity contribution >= 4 is 17.4 Å². The number of benzene rings is 1. The Labute approximate surface area is 112 Å². The van der Waals surface area contributed by atoms with Gasteiger partial charge in [-0.25, -0.2) is 0 Å². The summed E-state index contributed by atoms with van der Waals surface area (Å²) in [5.74, 6) is -0.477. The molecule has 2 rings (SSSR count). The van der Waals surface area contributed by atoms with E-state index in [0.29, 0.717) is 13.2 Å². The highest BCUT2D eigenvalue weighted by molar-refractivity contribution is 6.04. The van der Waals surface area contributed by atoms with E-state index in [1.165, 1.54) is 0 Å². The zero-order valence-corrected chi connectivity index (χ0v) is 11.1. The first-order valence-corrected chi connectivity index (χ1v) is 6.24. The highest BCUT2D eigenvalue weighted by atomic mass is 16.5. The van der Waals surface area contributed by atoms with Gasteiger partial charge in [0.2, 0.25) is 0 Å². The van der Waals surface area contributed by atoms with E-state index in [-0.39, 0.29) is 12.3 Å². The molecule has 0 radical (unpaired) electrons. The molecule has 1 aliphatic heterocycles. The van der Waals surface area contributed by atoms with E-state index in [9.17, 15) is 9.59 Å². The molecule has 19 heavy (non-hydrogen) atoms. The highest BCUT2D eigenvalue weighted by Crippen LogP contribution is 2.25. The van der Waals surface area contributed by atoms with Crippen molar-refractivity contribution in [3.63, 3.8) is 0 Å². The first-order chi connectivity index (χ1) is 9.15. The van der Waals surface area contributed by atoms with Crippen molar-refractivity contribution in [2.24, 2.45) is 5.92 Å². The van der Waals surface area contributed by atoms with E-state index in [4.69, 9.17) is 9.47 Å². The van der Waals surface area contributed by atoms with Gasteiger partial charge in [-0.15, -0.1) is 0 Å². The molecule has 1 aromatic rings. The van der Waals surface area contributed by atoms with Gasteiger partial charge in [-0.3, -0.25) is 9.59 Å². The number of ether oxygens (including phenoxy) is 2. The Balaban J connectivity index is 2.11. The van der Waals surface area contributed by atoms with E-state index in [2.05, 4.69) is 0 Å². The van der Waals surface area contributed by atoms with E-state index >= 15 is 0 Å². The summed E-state index contributed by atoms with van der Waals surface area (Å²) in [7, 11) is 1.59. The van der Waals surface area contributed by atoms with Crippen LogP contribution < -0.4 is 9.64 Å². The van der Waals surface area contributed by atoms with Crippen molar-refractivity contribution in [3.05, 3.63) is 24.3 Å². The quantitative estimate of drug-likeness (QED) is 0.604. The molecule has 1 unspecified atom stereocenters. The lowest BCUT2D eigenvalue weighted by Crippen LogP contribution is -2.25. The van der Waals surface area contributed by atoms with Gasteiger partial charge in [-0.05, 0) is 19.1 Å². The second-order valence-electron chi connectivity index (χ2n) is 4.35. The molecule has 0 saturated carbocycles. The van der Waals surface area contributed by atoms with Gasteiger partial charge >= 0.3 is 5.97 Å². The zero-order valence-electron chi connectivity index (χ0n) is 11.1. The van der Waals surface area contributed by atoms with Crippen LogP contribution in [0.4, 0.5) is 5.69 Å². The number of hydrogen-bond donors (Lipinski definition) is 0. The molecule has 0 bridgehead atoms. The molecule has 0 spiro atoms. The van der Waals surface area contributed by atoms with Gasteiger partial charge in [-0.2, -0.15) is 0 Å². The van der Waals surface area contributed by atoms with Gasteiger partial charge < -0.3 is 14.4 Å². The largest absolute Gasteiger partial charge is 0.497 e. The van der Waals surface area contributed by atoms with Crippen LogP contribution in [0, 0.1) is 5.92 Å². The second-order valence-corrected chi connectivity index (χ2v) is 4.35. The van der Waals surface area contributed by atoms with E-state index in [1.807, 2.05) is 29.2 Å². The number of anilines is 1. The monoisotopic (exact) mass is 263 g/mol. The highest BCUT2D eigenvalue weighted by Gasteiger charge is 2.37. The maximum absolute atomic E-state index is 11.9. The van der Waals surface area contributed by atoms with Crippen LogP contribution in [-0.2, 0) is 14.3 Å². The van der Waals surface area contributed by atoms with Gasteiger partial charge in [0.1, 0.15) is 11.7 Å². The van der Waals surface area contributed by atoms with Crippen LogP contribution in [0.3, 0.4) is 0 Å². The summed E-state index contributed by atoms with van der Waals surface area (Å²) in [4.78, 5) is 25.4. The molecular formula is C14H17NO4. The molecule has 0 N–H and O–H groups in total. The lowest BCUT2D eigenvalue weighted by Gasteiger charge is -2.17. The molecule has 1 aromatic carbocycles. The van der Waals surface area contributed by atoms with E-state index in [1.54, 1.807) is 14.0 Å². The number of esters is 1. The lowest BCUT2D eigenvalue weighted by atomic mass is 10.1. The topological polar surface area (TPSA) is 55.8 Å². The average molecular weight is 263 g/mol. The van der Waals surface area contributed by atoms with E-state index in [0.717, 1.165) is 11.4 Å². The molecule has 5 nitrogen and oxygen atoms in total. The third-order valence-electron chi connectivity index (χ3n) is 3.13. The Morgan fingerprint density at radius 1 is 1.47 bits per heavy atom. The lowest BCUT2D eigenvalue weighted by molar-refractivity contribution is -0.149. The van der Waals surface area contributed by atoms with Crippen molar-refractivity contribution in [2.75, 3.05) is 31.7 Å². The molecule has 1 saturated heterocycles. The maximum Gasteiger partial charge on any atom is 0.318 e. The number of Topliss-reactive ketones (excluding diaryl/α,β-unsaturated/α-hetero) is 1. The minimum Gasteiger partial charge on any atom is -0.497 e. The first kappa shape index (κ1) is 13.4.